The van der Waals surface area contributed by atoms with Gasteiger partial charge in [0.05, 0.1) is 16.8 Å². The van der Waals surface area contributed by atoms with Crippen LogP contribution in [0, 0.1) is 0 Å². The van der Waals surface area contributed by atoms with E-state index in [2.05, 4.69) is 0 Å². The lowest BCUT2D eigenvalue weighted by molar-refractivity contribution is -0.137. The van der Waals surface area contributed by atoms with E-state index in [-0.39, 0.29) is 24.4 Å². The Bertz CT molecular complexity index is 832. The van der Waals surface area contributed by atoms with Crippen LogP contribution in [0.1, 0.15) is 81.6 Å². The Balaban J connectivity index is 0.00000118. The molecular weight excluding hydrogens is 520 g/mol. The summed E-state index contributed by atoms with van der Waals surface area (Å²) >= 11 is 5.85. The van der Waals surface area contributed by atoms with Gasteiger partial charge in [0.15, 0.2) is 5.78 Å². The standard InChI is InChI=1S/C23H34O5S3.C3H6O2/c1-3-7-19-20(9-8-18(16(2)24)23(19)27)28-12-5-4-6-13-29-14-17-15-30-22(31-17)11-10-21(25)26;1-2-3(4)5/h8-9,17,22,27H,3-7,10-15H2,1-2H3,(H,25,26);2H2,1H3,(H,4,5). The fourth-order valence-corrected chi connectivity index (χ4v) is 8.19. The fourth-order valence-electron chi connectivity index (χ4n) is 3.40. The third-order valence-electron chi connectivity index (χ3n) is 5.32. The van der Waals surface area contributed by atoms with Crippen molar-refractivity contribution in [2.45, 2.75) is 82.0 Å². The molecule has 204 valence electrons. The van der Waals surface area contributed by atoms with Crippen LogP contribution in [-0.2, 0) is 16.0 Å². The number of ether oxygens (including phenoxy) is 1. The molecule has 0 spiro atoms. The van der Waals surface area contributed by atoms with Crippen LogP contribution in [0.25, 0.3) is 0 Å². The van der Waals surface area contributed by atoms with E-state index in [4.69, 9.17) is 14.9 Å². The van der Waals surface area contributed by atoms with Gasteiger partial charge in [0.1, 0.15) is 11.5 Å². The van der Waals surface area contributed by atoms with Crippen LogP contribution >= 0.6 is 35.3 Å². The zero-order valence-electron chi connectivity index (χ0n) is 21.5. The quantitative estimate of drug-likeness (QED) is 0.156. The smallest absolute Gasteiger partial charge is 0.303 e. The number of carboxylic acids is 2. The van der Waals surface area contributed by atoms with Gasteiger partial charge in [-0.2, -0.15) is 11.8 Å². The summed E-state index contributed by atoms with van der Waals surface area (Å²) in [4.78, 5) is 31.7. The van der Waals surface area contributed by atoms with Gasteiger partial charge in [-0.25, -0.2) is 0 Å². The first kappa shape index (κ1) is 32.5. The van der Waals surface area contributed by atoms with Crippen LogP contribution in [0.5, 0.6) is 11.5 Å². The van der Waals surface area contributed by atoms with Crippen molar-refractivity contribution in [1.29, 1.82) is 0 Å². The number of unbranched alkanes of at least 4 members (excludes halogenated alkanes) is 2. The summed E-state index contributed by atoms with van der Waals surface area (Å²) in [5.74, 6) is 2.58. The number of carbonyl (C=O) groups excluding carboxylic acids is 1. The summed E-state index contributed by atoms with van der Waals surface area (Å²) in [5.41, 5.74) is 1.10. The zero-order valence-corrected chi connectivity index (χ0v) is 23.9. The molecule has 1 heterocycles. The molecule has 7 nitrogen and oxygen atoms in total. The minimum Gasteiger partial charge on any atom is -0.507 e. The van der Waals surface area contributed by atoms with Crippen LogP contribution in [0.15, 0.2) is 12.1 Å². The van der Waals surface area contributed by atoms with E-state index in [9.17, 15) is 19.5 Å². The highest BCUT2D eigenvalue weighted by atomic mass is 32.2. The maximum absolute atomic E-state index is 11.6. The molecule has 1 saturated heterocycles. The predicted octanol–water partition coefficient (Wildman–Crippen LogP) is 6.35. The van der Waals surface area contributed by atoms with Gasteiger partial charge in [0.25, 0.3) is 0 Å². The van der Waals surface area contributed by atoms with Gasteiger partial charge in [-0.1, -0.05) is 20.3 Å². The Kier molecular flexibility index (Phi) is 16.9. The highest BCUT2D eigenvalue weighted by Crippen LogP contribution is 2.41. The molecule has 0 radical (unpaired) electrons. The molecule has 1 aliphatic heterocycles. The molecule has 0 bridgehead atoms. The first-order valence-electron chi connectivity index (χ1n) is 12.5. The van der Waals surface area contributed by atoms with Gasteiger partial charge >= 0.3 is 11.9 Å². The third-order valence-corrected chi connectivity index (χ3v) is 10.2. The largest absolute Gasteiger partial charge is 0.507 e. The van der Waals surface area contributed by atoms with E-state index in [0.29, 0.717) is 34.2 Å². The second-order valence-corrected chi connectivity index (χ2v) is 12.6. The Morgan fingerprint density at radius 2 is 1.83 bits per heavy atom. The molecule has 0 aromatic heterocycles. The topological polar surface area (TPSA) is 121 Å². The summed E-state index contributed by atoms with van der Waals surface area (Å²) < 4.78 is 6.36. The number of ketones is 1. The van der Waals surface area contributed by atoms with Crippen LogP contribution in [0.3, 0.4) is 0 Å². The average molecular weight is 561 g/mol. The van der Waals surface area contributed by atoms with Gasteiger partial charge < -0.3 is 20.1 Å². The maximum atomic E-state index is 11.6. The van der Waals surface area contributed by atoms with E-state index >= 15 is 0 Å². The Hall–Kier alpha value is -1.52. The molecular formula is C26H40O7S3. The van der Waals surface area contributed by atoms with Crippen molar-refractivity contribution in [3.05, 3.63) is 23.3 Å². The van der Waals surface area contributed by atoms with Crippen molar-refractivity contribution in [3.63, 3.8) is 0 Å². The highest BCUT2D eigenvalue weighted by molar-refractivity contribution is 8.20. The molecule has 0 aliphatic carbocycles. The number of aliphatic carboxylic acids is 2. The molecule has 2 rings (SSSR count). The normalized spacial score (nSPS) is 16.8. The molecule has 1 aromatic carbocycles. The van der Waals surface area contributed by atoms with Crippen molar-refractivity contribution in [2.24, 2.45) is 0 Å². The number of hydrogen-bond donors (Lipinski definition) is 3. The molecule has 2 unspecified atom stereocenters. The van der Waals surface area contributed by atoms with Gasteiger partial charge in [-0.15, -0.1) is 23.5 Å². The number of benzene rings is 1. The minimum atomic E-state index is -0.745. The fraction of sp³-hybridized carbons (Fsp3) is 0.654. The summed E-state index contributed by atoms with van der Waals surface area (Å²) in [7, 11) is 0. The van der Waals surface area contributed by atoms with E-state index in [0.717, 1.165) is 54.9 Å². The maximum Gasteiger partial charge on any atom is 0.303 e. The van der Waals surface area contributed by atoms with Gasteiger partial charge in [0, 0.05) is 35.2 Å². The molecule has 1 aliphatic rings. The number of phenolic OH excluding ortho intramolecular Hbond substituents is 1. The monoisotopic (exact) mass is 560 g/mol. The zero-order chi connectivity index (χ0) is 26.9. The van der Waals surface area contributed by atoms with Crippen LogP contribution in [-0.4, -0.2) is 66.7 Å². The summed E-state index contributed by atoms with van der Waals surface area (Å²) in [6, 6.07) is 3.45. The number of carbonyl (C=O) groups is 3. The van der Waals surface area contributed by atoms with Crippen LogP contribution in [0.2, 0.25) is 0 Å². The van der Waals surface area contributed by atoms with E-state index in [1.165, 1.54) is 6.92 Å². The first-order chi connectivity index (χ1) is 17.2. The number of rotatable bonds is 16. The first-order valence-corrected chi connectivity index (χ1v) is 15.6. The van der Waals surface area contributed by atoms with E-state index in [1.54, 1.807) is 19.1 Å². The van der Waals surface area contributed by atoms with Crippen molar-refractivity contribution >= 4 is 53.0 Å². The van der Waals surface area contributed by atoms with Crippen molar-refractivity contribution < 1.29 is 34.4 Å². The number of phenols is 1. The number of carboxylic acid groups (broad SMARTS) is 2. The van der Waals surface area contributed by atoms with Crippen molar-refractivity contribution in [3.8, 4) is 11.5 Å². The summed E-state index contributed by atoms with van der Waals surface area (Å²) in [6.07, 6.45) is 6.04. The van der Waals surface area contributed by atoms with Crippen molar-refractivity contribution in [2.75, 3.05) is 23.9 Å². The van der Waals surface area contributed by atoms with Crippen LogP contribution in [0.4, 0.5) is 0 Å². The Morgan fingerprint density at radius 1 is 1.11 bits per heavy atom. The Morgan fingerprint density at radius 3 is 2.44 bits per heavy atom. The second kappa shape index (κ2) is 18.7. The highest BCUT2D eigenvalue weighted by Gasteiger charge is 2.26. The molecule has 0 amide bonds. The van der Waals surface area contributed by atoms with Gasteiger partial charge in [-0.3, -0.25) is 14.4 Å². The van der Waals surface area contributed by atoms with E-state index in [1.807, 2.05) is 42.2 Å². The van der Waals surface area contributed by atoms with Crippen LogP contribution < -0.4 is 4.74 Å². The summed E-state index contributed by atoms with van der Waals surface area (Å²) in [6.45, 7) is 5.72. The molecule has 3 N–H and O–H groups in total. The number of hydrogen-bond acceptors (Lipinski definition) is 8. The third kappa shape index (κ3) is 13.1. The predicted molar refractivity (Wildman–Crippen MR) is 151 cm³/mol. The molecule has 10 heteroatoms. The minimum absolute atomic E-state index is 0.0661. The lowest BCUT2D eigenvalue weighted by Gasteiger charge is -2.14. The number of aromatic hydroxyl groups is 1. The molecule has 1 fully saturated rings. The summed E-state index contributed by atoms with van der Waals surface area (Å²) in [5, 5.41) is 27.6. The SMILES string of the molecule is CCC(=O)O.CCCc1c(OCCCCCSCC2CSC(CCC(=O)O)S2)ccc(C(C)=O)c1O. The van der Waals surface area contributed by atoms with Gasteiger partial charge in [0.2, 0.25) is 0 Å². The molecule has 36 heavy (non-hydrogen) atoms. The number of Topliss-reactive ketones (excluding diaryl/α,β-unsaturated/α-hetero) is 1. The van der Waals surface area contributed by atoms with Crippen molar-refractivity contribution in [1.82, 2.24) is 0 Å². The molecule has 0 saturated carbocycles. The van der Waals surface area contributed by atoms with Gasteiger partial charge in [-0.05, 0) is 56.9 Å². The number of thioether (sulfide) groups is 3. The van der Waals surface area contributed by atoms with E-state index < -0.39 is 11.9 Å². The lowest BCUT2D eigenvalue weighted by atomic mass is 10.0. The second-order valence-electron chi connectivity index (χ2n) is 8.43. The molecule has 2 atom stereocenters. The molecule has 1 aromatic rings. The Labute approximate surface area is 227 Å². The lowest BCUT2D eigenvalue weighted by Crippen LogP contribution is -2.06. The average Bonchev–Trinajstić information content (AvgIpc) is 3.29.